The monoisotopic (exact) mass is 265 g/mol. The Morgan fingerprint density at radius 2 is 1.37 bits per heavy atom. The summed E-state index contributed by atoms with van der Waals surface area (Å²) in [5, 5.41) is 0. The maximum absolute atomic E-state index is 6.25. The molecule has 1 aliphatic heterocycles. The Bertz CT molecular complexity index is 265. The second-order valence-corrected chi connectivity index (χ2v) is 6.20. The van der Waals surface area contributed by atoms with Crippen molar-refractivity contribution in [2.24, 2.45) is 10.7 Å². The molecular formula is C16H31N3. The van der Waals surface area contributed by atoms with E-state index in [4.69, 9.17) is 5.73 Å². The molecule has 1 fully saturated rings. The van der Waals surface area contributed by atoms with E-state index in [0.29, 0.717) is 6.04 Å². The Balaban J connectivity index is 1.98. The maximum atomic E-state index is 6.25. The van der Waals surface area contributed by atoms with Crippen LogP contribution < -0.4 is 5.73 Å². The fraction of sp³-hybridized carbons (Fsp3) is 0.938. The predicted molar refractivity (Wildman–Crippen MR) is 82.4 cm³/mol. The molecule has 1 aliphatic carbocycles. The number of nitrogens with zero attached hydrogens (tertiary/aromatic N) is 2. The number of hydrogen-bond acceptors (Lipinski definition) is 3. The minimum absolute atomic E-state index is 0.653. The van der Waals surface area contributed by atoms with Crippen LogP contribution >= 0.6 is 0 Å². The first-order valence-corrected chi connectivity index (χ1v) is 8.44. The summed E-state index contributed by atoms with van der Waals surface area (Å²) < 4.78 is 0. The van der Waals surface area contributed by atoms with Crippen LogP contribution in [-0.2, 0) is 0 Å². The smallest absolute Gasteiger partial charge is 0.191 e. The molecule has 0 radical (unpaired) electrons. The molecule has 1 saturated carbocycles. The lowest BCUT2D eigenvalue weighted by Gasteiger charge is -2.32. The molecule has 0 bridgehead atoms. The molecule has 2 N–H and O–H groups in total. The molecule has 3 heteroatoms. The Morgan fingerprint density at radius 1 is 0.789 bits per heavy atom. The van der Waals surface area contributed by atoms with Crippen LogP contribution in [0.15, 0.2) is 4.99 Å². The van der Waals surface area contributed by atoms with Crippen LogP contribution in [0.1, 0.15) is 77.0 Å². The molecular weight excluding hydrogens is 234 g/mol. The molecule has 2 rings (SSSR count). The van der Waals surface area contributed by atoms with Crippen molar-refractivity contribution in [1.82, 2.24) is 4.90 Å². The summed E-state index contributed by atoms with van der Waals surface area (Å²) in [6.07, 6.45) is 16.2. The van der Waals surface area contributed by atoms with Crippen molar-refractivity contribution in [2.45, 2.75) is 83.1 Å². The molecule has 0 saturated heterocycles. The van der Waals surface area contributed by atoms with Gasteiger partial charge in [0.05, 0.1) is 0 Å². The number of guanidine groups is 1. The summed E-state index contributed by atoms with van der Waals surface area (Å²) in [5.41, 5.74) is 6.25. The van der Waals surface area contributed by atoms with Gasteiger partial charge in [-0.3, -0.25) is 4.99 Å². The zero-order valence-electron chi connectivity index (χ0n) is 12.4. The van der Waals surface area contributed by atoms with Crippen LogP contribution in [0.5, 0.6) is 0 Å². The highest BCUT2D eigenvalue weighted by Crippen LogP contribution is 2.22. The van der Waals surface area contributed by atoms with Crippen LogP contribution in [0.4, 0.5) is 0 Å². The van der Waals surface area contributed by atoms with Gasteiger partial charge in [0.2, 0.25) is 0 Å². The summed E-state index contributed by atoms with van der Waals surface area (Å²) in [6, 6.07) is 0.653. The van der Waals surface area contributed by atoms with Gasteiger partial charge in [0, 0.05) is 19.1 Å². The Hall–Kier alpha value is -0.730. The van der Waals surface area contributed by atoms with Gasteiger partial charge in [-0.2, -0.15) is 0 Å². The first kappa shape index (κ1) is 14.7. The van der Waals surface area contributed by atoms with Crippen LogP contribution in [0.25, 0.3) is 0 Å². The number of hydrogen-bond donors (Lipinski definition) is 1. The van der Waals surface area contributed by atoms with Crippen molar-refractivity contribution < 1.29 is 0 Å². The number of rotatable bonds is 1. The molecule has 0 aromatic carbocycles. The molecule has 110 valence electrons. The first-order chi connectivity index (χ1) is 9.38. The van der Waals surface area contributed by atoms with Crippen molar-refractivity contribution in [1.29, 1.82) is 0 Å². The molecule has 1 heterocycles. The van der Waals surface area contributed by atoms with E-state index in [-0.39, 0.29) is 0 Å². The van der Waals surface area contributed by atoms with Gasteiger partial charge in [-0.25, -0.2) is 0 Å². The fourth-order valence-electron chi connectivity index (χ4n) is 3.44. The normalized spacial score (nSPS) is 25.3. The van der Waals surface area contributed by atoms with E-state index >= 15 is 0 Å². The van der Waals surface area contributed by atoms with Crippen LogP contribution in [0.3, 0.4) is 0 Å². The minimum Gasteiger partial charge on any atom is -0.370 e. The summed E-state index contributed by atoms with van der Waals surface area (Å²) >= 11 is 0. The van der Waals surface area contributed by atoms with Gasteiger partial charge >= 0.3 is 0 Å². The van der Waals surface area contributed by atoms with Gasteiger partial charge in [-0.1, -0.05) is 51.4 Å². The highest BCUT2D eigenvalue weighted by Gasteiger charge is 2.20. The van der Waals surface area contributed by atoms with Gasteiger partial charge in [0.1, 0.15) is 0 Å². The van der Waals surface area contributed by atoms with E-state index < -0.39 is 0 Å². The molecule has 0 spiro atoms. The average Bonchev–Trinajstić information content (AvgIpc) is 2.60. The summed E-state index contributed by atoms with van der Waals surface area (Å²) in [7, 11) is 0. The zero-order valence-corrected chi connectivity index (χ0v) is 12.4. The first-order valence-electron chi connectivity index (χ1n) is 8.44. The fourth-order valence-corrected chi connectivity index (χ4v) is 3.44. The lowest BCUT2D eigenvalue weighted by molar-refractivity contribution is 0.265. The largest absolute Gasteiger partial charge is 0.370 e. The van der Waals surface area contributed by atoms with Crippen LogP contribution in [0.2, 0.25) is 0 Å². The highest BCUT2D eigenvalue weighted by atomic mass is 15.3. The third-order valence-electron chi connectivity index (χ3n) is 4.64. The molecule has 19 heavy (non-hydrogen) atoms. The van der Waals surface area contributed by atoms with Crippen molar-refractivity contribution in [3.05, 3.63) is 0 Å². The van der Waals surface area contributed by atoms with Crippen molar-refractivity contribution in [3.63, 3.8) is 0 Å². The molecule has 0 aromatic rings. The van der Waals surface area contributed by atoms with E-state index in [0.717, 1.165) is 19.0 Å². The minimum atomic E-state index is 0.653. The Kier molecular flexibility index (Phi) is 6.52. The van der Waals surface area contributed by atoms with Gasteiger partial charge in [0.15, 0.2) is 5.96 Å². The SMILES string of the molecule is NC1=NCCCCCCN1C1CCCCCCCC1. The topological polar surface area (TPSA) is 41.6 Å². The highest BCUT2D eigenvalue weighted by molar-refractivity contribution is 5.78. The molecule has 0 aromatic heterocycles. The summed E-state index contributed by atoms with van der Waals surface area (Å²) in [5.74, 6) is 0.825. The van der Waals surface area contributed by atoms with E-state index in [1.165, 1.54) is 77.0 Å². The van der Waals surface area contributed by atoms with E-state index in [2.05, 4.69) is 9.89 Å². The second kappa shape index (κ2) is 8.44. The summed E-state index contributed by atoms with van der Waals surface area (Å²) in [6.45, 7) is 2.05. The Labute approximate surface area is 118 Å². The predicted octanol–water partition coefficient (Wildman–Crippen LogP) is 3.68. The zero-order chi connectivity index (χ0) is 13.3. The molecule has 0 atom stereocenters. The molecule has 0 amide bonds. The maximum Gasteiger partial charge on any atom is 0.191 e. The van der Waals surface area contributed by atoms with Gasteiger partial charge < -0.3 is 10.6 Å². The van der Waals surface area contributed by atoms with E-state index in [1.54, 1.807) is 0 Å². The van der Waals surface area contributed by atoms with Gasteiger partial charge in [0.25, 0.3) is 0 Å². The van der Waals surface area contributed by atoms with Crippen molar-refractivity contribution in [2.75, 3.05) is 13.1 Å². The number of aliphatic imine (C=N–C) groups is 1. The third kappa shape index (κ3) is 5.04. The Morgan fingerprint density at radius 3 is 2.11 bits per heavy atom. The molecule has 2 aliphatic rings. The van der Waals surface area contributed by atoms with Crippen molar-refractivity contribution in [3.8, 4) is 0 Å². The van der Waals surface area contributed by atoms with Crippen LogP contribution in [-0.4, -0.2) is 30.0 Å². The molecule has 3 nitrogen and oxygen atoms in total. The third-order valence-corrected chi connectivity index (χ3v) is 4.64. The van der Waals surface area contributed by atoms with E-state index in [9.17, 15) is 0 Å². The lowest BCUT2D eigenvalue weighted by Crippen LogP contribution is -2.45. The van der Waals surface area contributed by atoms with Gasteiger partial charge in [-0.05, 0) is 25.7 Å². The quantitative estimate of drug-likeness (QED) is 0.786. The van der Waals surface area contributed by atoms with Crippen LogP contribution in [0, 0.1) is 0 Å². The summed E-state index contributed by atoms with van der Waals surface area (Å²) in [4.78, 5) is 7.04. The van der Waals surface area contributed by atoms with Crippen molar-refractivity contribution >= 4 is 5.96 Å². The van der Waals surface area contributed by atoms with E-state index in [1.807, 2.05) is 0 Å². The number of nitrogens with two attached hydrogens (primary N) is 1. The lowest BCUT2D eigenvalue weighted by atomic mass is 10.0. The average molecular weight is 265 g/mol. The second-order valence-electron chi connectivity index (χ2n) is 6.20. The molecule has 0 unspecified atom stereocenters. The van der Waals surface area contributed by atoms with Gasteiger partial charge in [-0.15, -0.1) is 0 Å². The standard InChI is InChI=1S/C16H31N3/c17-16-18-13-9-5-6-10-14-19(16)15-11-7-3-1-2-4-8-12-15/h15H,1-14H2,(H2,17,18).